The van der Waals surface area contributed by atoms with E-state index in [1.54, 1.807) is 0 Å². The van der Waals surface area contributed by atoms with Crippen molar-refractivity contribution in [1.82, 2.24) is 0 Å². The number of nitrogens with zero attached hydrogens (tertiary/aromatic N) is 1. The first-order chi connectivity index (χ1) is 16.7. The number of hydrogen-bond donors (Lipinski definition) is 1. The normalized spacial score (nSPS) is 15.0. The fraction of sp³-hybridized carbons (Fsp3) is 0.0833. The molecule has 0 bridgehead atoms. The SMILES string of the molecule is COC(=O)c1ccc(S(=O)(=O)Oc2ccc3c(c2)OC(N)=C(C#N)C3c2c(F)cccc2Cl)cc1. The summed E-state index contributed by atoms with van der Waals surface area (Å²) in [4.78, 5) is 11.4. The third-order valence-corrected chi connectivity index (χ3v) is 6.84. The molecule has 0 aliphatic carbocycles. The van der Waals surface area contributed by atoms with Gasteiger partial charge in [0.25, 0.3) is 0 Å². The molecule has 178 valence electrons. The summed E-state index contributed by atoms with van der Waals surface area (Å²) < 4.78 is 55.5. The highest BCUT2D eigenvalue weighted by Gasteiger charge is 2.34. The molecule has 0 saturated heterocycles. The van der Waals surface area contributed by atoms with Crippen molar-refractivity contribution in [2.75, 3.05) is 7.11 Å². The minimum absolute atomic E-state index is 0.0326. The Labute approximate surface area is 205 Å². The number of hydrogen-bond acceptors (Lipinski definition) is 8. The number of nitriles is 1. The Bertz CT molecular complexity index is 1490. The number of esters is 1. The van der Waals surface area contributed by atoms with E-state index in [1.807, 2.05) is 6.07 Å². The average molecular weight is 515 g/mol. The molecular formula is C24H16ClFN2O6S. The first kappa shape index (κ1) is 24.1. The molecule has 0 spiro atoms. The summed E-state index contributed by atoms with van der Waals surface area (Å²) in [6, 6.07) is 15.1. The zero-order chi connectivity index (χ0) is 25.3. The molecule has 1 heterocycles. The lowest BCUT2D eigenvalue weighted by molar-refractivity contribution is 0.0600. The molecular weight excluding hydrogens is 499 g/mol. The largest absolute Gasteiger partial charge is 0.465 e. The Hall–Kier alpha value is -4.07. The first-order valence-corrected chi connectivity index (χ1v) is 11.7. The summed E-state index contributed by atoms with van der Waals surface area (Å²) in [7, 11) is -3.07. The molecule has 0 amide bonds. The van der Waals surface area contributed by atoms with E-state index in [1.165, 1.54) is 67.8 Å². The van der Waals surface area contributed by atoms with Gasteiger partial charge in [-0.25, -0.2) is 9.18 Å². The minimum atomic E-state index is -4.28. The molecule has 0 saturated carbocycles. The van der Waals surface area contributed by atoms with Crippen LogP contribution in [0.4, 0.5) is 4.39 Å². The third-order valence-electron chi connectivity index (χ3n) is 5.25. The van der Waals surface area contributed by atoms with Crippen molar-refractivity contribution in [3.05, 3.63) is 99.7 Å². The molecule has 3 aromatic carbocycles. The Balaban J connectivity index is 1.71. The number of methoxy groups -OCH3 is 1. The van der Waals surface area contributed by atoms with Gasteiger partial charge in [0, 0.05) is 22.2 Å². The van der Waals surface area contributed by atoms with Crippen molar-refractivity contribution in [3.63, 3.8) is 0 Å². The van der Waals surface area contributed by atoms with Crippen LogP contribution in [0.5, 0.6) is 11.5 Å². The molecule has 11 heteroatoms. The first-order valence-electron chi connectivity index (χ1n) is 9.94. The summed E-state index contributed by atoms with van der Waals surface area (Å²) in [5.41, 5.74) is 6.42. The van der Waals surface area contributed by atoms with Crippen molar-refractivity contribution in [2.24, 2.45) is 5.73 Å². The van der Waals surface area contributed by atoms with E-state index in [0.717, 1.165) is 0 Å². The Kier molecular flexibility index (Phi) is 6.39. The van der Waals surface area contributed by atoms with Crippen LogP contribution in [0, 0.1) is 17.1 Å². The molecule has 1 unspecified atom stereocenters. The van der Waals surface area contributed by atoms with E-state index in [4.69, 9.17) is 26.3 Å². The number of ether oxygens (including phenoxy) is 2. The van der Waals surface area contributed by atoms with Crippen molar-refractivity contribution < 1.29 is 31.3 Å². The number of nitrogens with two attached hydrogens (primary N) is 1. The van der Waals surface area contributed by atoms with Gasteiger partial charge in [0.15, 0.2) is 0 Å². The average Bonchev–Trinajstić information content (AvgIpc) is 2.83. The van der Waals surface area contributed by atoms with E-state index >= 15 is 0 Å². The van der Waals surface area contributed by atoms with Crippen LogP contribution in [-0.4, -0.2) is 21.5 Å². The van der Waals surface area contributed by atoms with Gasteiger partial charge in [-0.15, -0.1) is 0 Å². The van der Waals surface area contributed by atoms with Gasteiger partial charge in [-0.05, 0) is 42.5 Å². The second-order valence-electron chi connectivity index (χ2n) is 7.31. The molecule has 0 aromatic heterocycles. The van der Waals surface area contributed by atoms with Gasteiger partial charge in [0.1, 0.15) is 33.9 Å². The van der Waals surface area contributed by atoms with Crippen LogP contribution in [0.25, 0.3) is 0 Å². The van der Waals surface area contributed by atoms with Crippen LogP contribution >= 0.6 is 11.6 Å². The van der Waals surface area contributed by atoms with Gasteiger partial charge in [0.05, 0.1) is 18.6 Å². The molecule has 1 aliphatic rings. The number of fused-ring (bicyclic) bond motifs is 1. The molecule has 0 fully saturated rings. The van der Waals surface area contributed by atoms with Crippen molar-refractivity contribution in [1.29, 1.82) is 5.26 Å². The lowest BCUT2D eigenvalue weighted by Gasteiger charge is -2.27. The Morgan fingerprint density at radius 2 is 1.89 bits per heavy atom. The highest BCUT2D eigenvalue weighted by atomic mass is 35.5. The fourth-order valence-corrected chi connectivity index (χ4v) is 4.82. The lowest BCUT2D eigenvalue weighted by atomic mass is 9.83. The fourth-order valence-electron chi connectivity index (χ4n) is 3.62. The predicted molar refractivity (Wildman–Crippen MR) is 123 cm³/mol. The van der Waals surface area contributed by atoms with E-state index < -0.39 is 27.8 Å². The maximum atomic E-state index is 14.7. The monoisotopic (exact) mass is 514 g/mol. The van der Waals surface area contributed by atoms with Crippen molar-refractivity contribution >= 4 is 27.7 Å². The van der Waals surface area contributed by atoms with E-state index in [0.29, 0.717) is 5.56 Å². The van der Waals surface area contributed by atoms with E-state index in [9.17, 15) is 22.9 Å². The molecule has 35 heavy (non-hydrogen) atoms. The standard InChI is InChI=1S/C24H16ClFN2O6S/c1-32-24(29)13-5-8-15(9-6-13)35(30,31)34-14-7-10-16-20(11-14)33-23(28)17(12-27)21(16)22-18(25)3-2-4-19(22)26/h2-11,21H,28H2,1H3. The molecule has 1 atom stereocenters. The van der Waals surface area contributed by atoms with E-state index in [2.05, 4.69) is 4.74 Å². The van der Waals surface area contributed by atoms with Crippen molar-refractivity contribution in [2.45, 2.75) is 10.8 Å². The summed E-state index contributed by atoms with van der Waals surface area (Å²) >= 11 is 6.24. The Morgan fingerprint density at radius 3 is 2.51 bits per heavy atom. The highest BCUT2D eigenvalue weighted by Crippen LogP contribution is 2.46. The topological polar surface area (TPSA) is 129 Å². The number of halogens is 2. The van der Waals surface area contributed by atoms with Crippen LogP contribution in [-0.2, 0) is 14.9 Å². The second-order valence-corrected chi connectivity index (χ2v) is 9.27. The predicted octanol–water partition coefficient (Wildman–Crippen LogP) is 4.25. The molecule has 2 N–H and O–H groups in total. The molecule has 3 aromatic rings. The van der Waals surface area contributed by atoms with Gasteiger partial charge in [-0.3, -0.25) is 0 Å². The quantitative estimate of drug-likeness (QED) is 0.395. The third kappa shape index (κ3) is 4.51. The maximum Gasteiger partial charge on any atom is 0.339 e. The minimum Gasteiger partial charge on any atom is -0.465 e. The number of carbonyl (C=O) groups excluding carboxylic acids is 1. The molecule has 0 radical (unpaired) electrons. The van der Waals surface area contributed by atoms with Crippen LogP contribution in [0.1, 0.15) is 27.4 Å². The van der Waals surface area contributed by atoms with Gasteiger partial charge in [-0.2, -0.15) is 13.7 Å². The van der Waals surface area contributed by atoms with Crippen LogP contribution < -0.4 is 14.7 Å². The Morgan fingerprint density at radius 1 is 1.17 bits per heavy atom. The lowest BCUT2D eigenvalue weighted by Crippen LogP contribution is -2.22. The molecule has 8 nitrogen and oxygen atoms in total. The number of benzene rings is 3. The smallest absolute Gasteiger partial charge is 0.339 e. The summed E-state index contributed by atoms with van der Waals surface area (Å²) in [6.45, 7) is 0. The van der Waals surface area contributed by atoms with Gasteiger partial charge < -0.3 is 19.4 Å². The summed E-state index contributed by atoms with van der Waals surface area (Å²) in [5, 5.41) is 9.72. The van der Waals surface area contributed by atoms with Crippen LogP contribution in [0.2, 0.25) is 5.02 Å². The molecule has 4 rings (SSSR count). The zero-order valence-electron chi connectivity index (χ0n) is 18.0. The second kappa shape index (κ2) is 9.29. The van der Waals surface area contributed by atoms with Crippen molar-refractivity contribution in [3.8, 4) is 17.6 Å². The number of carbonyl (C=O) groups is 1. The van der Waals surface area contributed by atoms with Gasteiger partial charge >= 0.3 is 16.1 Å². The summed E-state index contributed by atoms with van der Waals surface area (Å²) in [5.74, 6) is -2.56. The maximum absolute atomic E-state index is 14.7. The summed E-state index contributed by atoms with van der Waals surface area (Å²) in [6.07, 6.45) is 0. The number of allylic oxidation sites excluding steroid dienone is 1. The van der Waals surface area contributed by atoms with Gasteiger partial charge in [-0.1, -0.05) is 23.7 Å². The van der Waals surface area contributed by atoms with Crippen LogP contribution in [0.15, 0.2) is 77.0 Å². The zero-order valence-corrected chi connectivity index (χ0v) is 19.6. The van der Waals surface area contributed by atoms with Crippen LogP contribution in [0.3, 0.4) is 0 Å². The van der Waals surface area contributed by atoms with E-state index in [-0.39, 0.29) is 44.0 Å². The van der Waals surface area contributed by atoms with Gasteiger partial charge in [0.2, 0.25) is 5.88 Å². The highest BCUT2D eigenvalue weighted by molar-refractivity contribution is 7.87. The number of rotatable bonds is 5. The molecule has 1 aliphatic heterocycles.